The zero-order valence-corrected chi connectivity index (χ0v) is 14.7. The van der Waals surface area contributed by atoms with Gasteiger partial charge >= 0.3 is 0 Å². The SMILES string of the molecule is Cn1ccnc1C1CNCCN1Cc1ccc2c(c1)CC(C)(C)O2. The van der Waals surface area contributed by atoms with Gasteiger partial charge in [0.2, 0.25) is 0 Å². The van der Waals surface area contributed by atoms with E-state index in [1.54, 1.807) is 0 Å². The molecule has 0 saturated carbocycles. The van der Waals surface area contributed by atoms with Gasteiger partial charge in [0, 0.05) is 52.0 Å². The summed E-state index contributed by atoms with van der Waals surface area (Å²) in [5.74, 6) is 2.18. The number of benzene rings is 1. The molecule has 2 aromatic rings. The molecular weight excluding hydrogens is 300 g/mol. The van der Waals surface area contributed by atoms with Crippen molar-refractivity contribution in [3.8, 4) is 5.75 Å². The van der Waals surface area contributed by atoms with E-state index >= 15 is 0 Å². The Kier molecular flexibility index (Phi) is 3.85. The molecule has 2 aliphatic rings. The van der Waals surface area contributed by atoms with Crippen LogP contribution < -0.4 is 10.1 Å². The van der Waals surface area contributed by atoms with Crippen molar-refractivity contribution in [3.05, 3.63) is 47.5 Å². The van der Waals surface area contributed by atoms with Crippen LogP contribution in [0, 0.1) is 0 Å². The fourth-order valence-corrected chi connectivity index (χ4v) is 3.88. The molecule has 4 rings (SSSR count). The molecule has 0 spiro atoms. The molecule has 5 heteroatoms. The Labute approximate surface area is 143 Å². The number of hydrogen-bond donors (Lipinski definition) is 1. The van der Waals surface area contributed by atoms with Gasteiger partial charge in [0.25, 0.3) is 0 Å². The van der Waals surface area contributed by atoms with E-state index in [-0.39, 0.29) is 5.60 Å². The van der Waals surface area contributed by atoms with Crippen LogP contribution in [0.25, 0.3) is 0 Å². The molecule has 0 aliphatic carbocycles. The highest BCUT2D eigenvalue weighted by Gasteiger charge is 2.31. The minimum atomic E-state index is -0.0779. The maximum Gasteiger partial charge on any atom is 0.127 e. The van der Waals surface area contributed by atoms with Crippen molar-refractivity contribution in [2.24, 2.45) is 7.05 Å². The van der Waals surface area contributed by atoms with E-state index in [1.807, 2.05) is 12.4 Å². The van der Waals surface area contributed by atoms with Crippen LogP contribution in [0.5, 0.6) is 5.75 Å². The zero-order valence-electron chi connectivity index (χ0n) is 14.7. The Balaban J connectivity index is 1.55. The molecule has 0 bridgehead atoms. The molecule has 2 aliphatic heterocycles. The van der Waals surface area contributed by atoms with Gasteiger partial charge < -0.3 is 14.6 Å². The normalized spacial score (nSPS) is 23.0. The number of aromatic nitrogens is 2. The number of ether oxygens (including phenoxy) is 1. The molecular formula is C19H26N4O. The molecule has 1 N–H and O–H groups in total. The van der Waals surface area contributed by atoms with Crippen LogP contribution in [-0.4, -0.2) is 39.7 Å². The molecule has 3 heterocycles. The minimum Gasteiger partial charge on any atom is -0.487 e. The predicted octanol–water partition coefficient (Wildman–Crippen LogP) is 2.28. The topological polar surface area (TPSA) is 42.3 Å². The smallest absolute Gasteiger partial charge is 0.127 e. The molecule has 1 aromatic carbocycles. The standard InChI is InChI=1S/C19H26N4O/c1-19(2)11-15-10-14(4-5-17(15)24-19)13-23-9-6-20-12-16(23)18-21-7-8-22(18)3/h4-5,7-8,10,16,20H,6,9,11-13H2,1-3H3. The monoisotopic (exact) mass is 326 g/mol. The second-order valence-corrected chi connectivity index (χ2v) is 7.57. The summed E-state index contributed by atoms with van der Waals surface area (Å²) in [5.41, 5.74) is 2.61. The van der Waals surface area contributed by atoms with Gasteiger partial charge in [0.1, 0.15) is 17.2 Å². The van der Waals surface area contributed by atoms with Crippen molar-refractivity contribution >= 4 is 0 Å². The van der Waals surface area contributed by atoms with Crippen LogP contribution in [0.4, 0.5) is 0 Å². The summed E-state index contributed by atoms with van der Waals surface area (Å²) in [6, 6.07) is 6.98. The summed E-state index contributed by atoms with van der Waals surface area (Å²) in [5, 5.41) is 3.50. The van der Waals surface area contributed by atoms with E-state index in [9.17, 15) is 0 Å². The number of aryl methyl sites for hydroxylation is 1. The van der Waals surface area contributed by atoms with Gasteiger partial charge in [0.15, 0.2) is 0 Å². The number of fused-ring (bicyclic) bond motifs is 1. The molecule has 0 radical (unpaired) electrons. The van der Waals surface area contributed by atoms with E-state index in [4.69, 9.17) is 4.74 Å². The molecule has 1 fully saturated rings. The van der Waals surface area contributed by atoms with E-state index in [0.717, 1.165) is 44.2 Å². The van der Waals surface area contributed by atoms with Crippen molar-refractivity contribution in [1.82, 2.24) is 19.8 Å². The Morgan fingerprint density at radius 3 is 3.04 bits per heavy atom. The number of piperazine rings is 1. The van der Waals surface area contributed by atoms with Crippen LogP contribution in [0.3, 0.4) is 0 Å². The Morgan fingerprint density at radius 1 is 1.38 bits per heavy atom. The number of rotatable bonds is 3. The zero-order chi connectivity index (χ0) is 16.7. The van der Waals surface area contributed by atoms with E-state index in [0.29, 0.717) is 6.04 Å². The average Bonchev–Trinajstić information content (AvgIpc) is 3.09. The highest BCUT2D eigenvalue weighted by atomic mass is 16.5. The number of hydrogen-bond acceptors (Lipinski definition) is 4. The van der Waals surface area contributed by atoms with Crippen molar-refractivity contribution < 1.29 is 4.74 Å². The predicted molar refractivity (Wildman–Crippen MR) is 94.1 cm³/mol. The Morgan fingerprint density at radius 2 is 2.25 bits per heavy atom. The fourth-order valence-electron chi connectivity index (χ4n) is 3.88. The first-order chi connectivity index (χ1) is 11.5. The van der Waals surface area contributed by atoms with Gasteiger partial charge in [-0.3, -0.25) is 4.90 Å². The Hall–Kier alpha value is -1.85. The largest absolute Gasteiger partial charge is 0.487 e. The molecule has 24 heavy (non-hydrogen) atoms. The van der Waals surface area contributed by atoms with Gasteiger partial charge in [-0.1, -0.05) is 12.1 Å². The van der Waals surface area contributed by atoms with Crippen molar-refractivity contribution in [3.63, 3.8) is 0 Å². The lowest BCUT2D eigenvalue weighted by Gasteiger charge is -2.35. The van der Waals surface area contributed by atoms with E-state index < -0.39 is 0 Å². The van der Waals surface area contributed by atoms with Crippen molar-refractivity contribution in [1.29, 1.82) is 0 Å². The molecule has 5 nitrogen and oxygen atoms in total. The first-order valence-corrected chi connectivity index (χ1v) is 8.75. The quantitative estimate of drug-likeness (QED) is 0.940. The average molecular weight is 326 g/mol. The molecule has 128 valence electrons. The van der Waals surface area contributed by atoms with Crippen LogP contribution in [0.15, 0.2) is 30.6 Å². The maximum atomic E-state index is 6.00. The maximum absolute atomic E-state index is 6.00. The second kappa shape index (κ2) is 5.90. The van der Waals surface area contributed by atoms with E-state index in [2.05, 4.69) is 58.9 Å². The van der Waals surface area contributed by atoms with Crippen LogP contribution in [-0.2, 0) is 20.0 Å². The van der Waals surface area contributed by atoms with E-state index in [1.165, 1.54) is 11.1 Å². The third kappa shape index (κ3) is 2.94. The first kappa shape index (κ1) is 15.7. The molecule has 1 atom stereocenters. The lowest BCUT2D eigenvalue weighted by Crippen LogP contribution is -2.46. The van der Waals surface area contributed by atoms with Crippen molar-refractivity contribution in [2.45, 2.75) is 38.5 Å². The number of nitrogens with one attached hydrogen (secondary N) is 1. The molecule has 1 saturated heterocycles. The molecule has 1 unspecified atom stereocenters. The summed E-state index contributed by atoms with van der Waals surface area (Å²) in [7, 11) is 2.07. The number of nitrogens with zero attached hydrogens (tertiary/aromatic N) is 3. The summed E-state index contributed by atoms with van der Waals surface area (Å²) in [6.45, 7) is 8.28. The molecule has 1 aromatic heterocycles. The van der Waals surface area contributed by atoms with Gasteiger partial charge in [-0.05, 0) is 31.0 Å². The highest BCUT2D eigenvalue weighted by molar-refractivity contribution is 5.41. The van der Waals surface area contributed by atoms with Crippen LogP contribution >= 0.6 is 0 Å². The third-order valence-electron chi connectivity index (χ3n) is 5.02. The van der Waals surface area contributed by atoms with Crippen LogP contribution in [0.1, 0.15) is 36.8 Å². The summed E-state index contributed by atoms with van der Waals surface area (Å²) >= 11 is 0. The van der Waals surface area contributed by atoms with Gasteiger partial charge in [0.05, 0.1) is 6.04 Å². The second-order valence-electron chi connectivity index (χ2n) is 7.57. The summed E-state index contributed by atoms with van der Waals surface area (Å²) in [6.07, 6.45) is 4.90. The Bertz CT molecular complexity index is 737. The molecule has 0 amide bonds. The van der Waals surface area contributed by atoms with Crippen LogP contribution in [0.2, 0.25) is 0 Å². The van der Waals surface area contributed by atoms with Gasteiger partial charge in [-0.15, -0.1) is 0 Å². The fraction of sp³-hybridized carbons (Fsp3) is 0.526. The third-order valence-corrected chi connectivity index (χ3v) is 5.02. The summed E-state index contributed by atoms with van der Waals surface area (Å²) < 4.78 is 8.13. The van der Waals surface area contributed by atoms with Gasteiger partial charge in [-0.25, -0.2) is 4.98 Å². The lowest BCUT2D eigenvalue weighted by molar-refractivity contribution is 0.138. The first-order valence-electron chi connectivity index (χ1n) is 8.75. The van der Waals surface area contributed by atoms with Crippen molar-refractivity contribution in [2.75, 3.05) is 19.6 Å². The minimum absolute atomic E-state index is 0.0779. The van der Waals surface area contributed by atoms with Gasteiger partial charge in [-0.2, -0.15) is 0 Å². The lowest BCUT2D eigenvalue weighted by atomic mass is 10.00. The number of imidazole rings is 1. The highest BCUT2D eigenvalue weighted by Crippen LogP contribution is 2.35. The summed E-state index contributed by atoms with van der Waals surface area (Å²) in [4.78, 5) is 7.10.